The maximum Gasteiger partial charge on any atom is 0.313 e. The molecule has 2 rings (SSSR count). The Morgan fingerprint density at radius 3 is 2.50 bits per heavy atom. The molecule has 6 heteroatoms. The summed E-state index contributed by atoms with van der Waals surface area (Å²) in [6.45, 7) is 6.77. The first kappa shape index (κ1) is 18.0. The van der Waals surface area contributed by atoms with E-state index in [0.29, 0.717) is 38.2 Å². The van der Waals surface area contributed by atoms with E-state index < -0.39 is 11.8 Å². The first-order chi connectivity index (χ1) is 11.4. The summed E-state index contributed by atoms with van der Waals surface area (Å²) in [7, 11) is 0. The number of hydrogen-bond donors (Lipinski definition) is 1. The van der Waals surface area contributed by atoms with Gasteiger partial charge in [0.2, 0.25) is 0 Å². The third-order valence-electron chi connectivity index (χ3n) is 4.45. The highest BCUT2D eigenvalue weighted by atomic mass is 16.5. The molecule has 1 N–H and O–H groups in total. The minimum atomic E-state index is -0.640. The van der Waals surface area contributed by atoms with Gasteiger partial charge in [0, 0.05) is 18.8 Å². The van der Waals surface area contributed by atoms with Crippen LogP contribution in [0.4, 0.5) is 5.69 Å². The second-order valence-corrected chi connectivity index (χ2v) is 6.02. The number of aryl methyl sites for hydroxylation is 1. The summed E-state index contributed by atoms with van der Waals surface area (Å²) in [5.41, 5.74) is 2.64. The zero-order chi connectivity index (χ0) is 17.7. The Balaban J connectivity index is 1.92. The normalized spacial score (nSPS) is 15.0. The summed E-state index contributed by atoms with van der Waals surface area (Å²) in [6.07, 6.45) is 1.06. The maximum absolute atomic E-state index is 12.3. The zero-order valence-electron chi connectivity index (χ0n) is 14.4. The van der Waals surface area contributed by atoms with Gasteiger partial charge in [0.25, 0.3) is 0 Å². The molecule has 0 aromatic heterocycles. The molecule has 0 saturated carbocycles. The molecule has 0 bridgehead atoms. The SMILES string of the molecule is CCOC(=O)C1CCN(C(=O)C(=O)Nc2cccc(C)c2C)CC1. The van der Waals surface area contributed by atoms with Crippen LogP contribution >= 0.6 is 0 Å². The predicted octanol–water partition coefficient (Wildman–Crippen LogP) is 2.04. The van der Waals surface area contributed by atoms with Gasteiger partial charge in [-0.2, -0.15) is 0 Å². The van der Waals surface area contributed by atoms with Crippen molar-refractivity contribution in [2.24, 2.45) is 5.92 Å². The number of esters is 1. The number of hydrogen-bond acceptors (Lipinski definition) is 4. The molecule has 1 heterocycles. The van der Waals surface area contributed by atoms with E-state index in [1.54, 1.807) is 13.0 Å². The number of carbonyl (C=O) groups is 3. The first-order valence-corrected chi connectivity index (χ1v) is 8.27. The fourth-order valence-electron chi connectivity index (χ4n) is 2.78. The van der Waals surface area contributed by atoms with Crippen molar-refractivity contribution in [1.29, 1.82) is 0 Å². The van der Waals surface area contributed by atoms with Crippen molar-refractivity contribution in [3.8, 4) is 0 Å². The van der Waals surface area contributed by atoms with E-state index in [2.05, 4.69) is 5.32 Å². The number of anilines is 1. The highest BCUT2D eigenvalue weighted by Crippen LogP contribution is 2.20. The molecule has 1 saturated heterocycles. The average Bonchev–Trinajstić information content (AvgIpc) is 2.58. The summed E-state index contributed by atoms with van der Waals surface area (Å²) in [6, 6.07) is 5.57. The van der Waals surface area contributed by atoms with Crippen molar-refractivity contribution in [1.82, 2.24) is 4.90 Å². The molecule has 24 heavy (non-hydrogen) atoms. The van der Waals surface area contributed by atoms with Crippen LogP contribution in [0, 0.1) is 19.8 Å². The molecular weight excluding hydrogens is 308 g/mol. The lowest BCUT2D eigenvalue weighted by Crippen LogP contribution is -2.45. The third kappa shape index (κ3) is 4.13. The Kier molecular flexibility index (Phi) is 5.95. The molecule has 1 aliphatic heterocycles. The van der Waals surface area contributed by atoms with E-state index in [1.165, 1.54) is 4.90 Å². The summed E-state index contributed by atoms with van der Waals surface area (Å²) in [5, 5.41) is 2.68. The highest BCUT2D eigenvalue weighted by Gasteiger charge is 2.30. The molecule has 6 nitrogen and oxygen atoms in total. The molecule has 130 valence electrons. The van der Waals surface area contributed by atoms with Crippen LogP contribution in [0.1, 0.15) is 30.9 Å². The van der Waals surface area contributed by atoms with Crippen molar-refractivity contribution in [3.63, 3.8) is 0 Å². The lowest BCUT2D eigenvalue weighted by molar-refractivity contribution is -0.152. The fraction of sp³-hybridized carbons (Fsp3) is 0.500. The summed E-state index contributed by atoms with van der Waals surface area (Å²) >= 11 is 0. The summed E-state index contributed by atoms with van der Waals surface area (Å²) < 4.78 is 5.01. The molecule has 0 aliphatic carbocycles. The van der Waals surface area contributed by atoms with Gasteiger partial charge in [-0.15, -0.1) is 0 Å². The highest BCUT2D eigenvalue weighted by molar-refractivity contribution is 6.39. The fourth-order valence-corrected chi connectivity index (χ4v) is 2.78. The van der Waals surface area contributed by atoms with Crippen LogP contribution in [0.5, 0.6) is 0 Å². The smallest absolute Gasteiger partial charge is 0.313 e. The number of benzene rings is 1. The second kappa shape index (κ2) is 7.95. The van der Waals surface area contributed by atoms with E-state index in [1.807, 2.05) is 26.0 Å². The monoisotopic (exact) mass is 332 g/mol. The molecule has 1 fully saturated rings. The molecule has 0 atom stereocenters. The van der Waals surface area contributed by atoms with Crippen molar-refractivity contribution < 1.29 is 19.1 Å². The van der Waals surface area contributed by atoms with Crippen LogP contribution in [0.15, 0.2) is 18.2 Å². The lowest BCUT2D eigenvalue weighted by atomic mass is 9.97. The lowest BCUT2D eigenvalue weighted by Gasteiger charge is -2.30. The largest absolute Gasteiger partial charge is 0.466 e. The number of piperidine rings is 1. The molecule has 1 aromatic carbocycles. The zero-order valence-corrected chi connectivity index (χ0v) is 14.4. The number of nitrogens with one attached hydrogen (secondary N) is 1. The Labute approximate surface area is 142 Å². The molecule has 2 amide bonds. The molecule has 1 aliphatic rings. The topological polar surface area (TPSA) is 75.7 Å². The summed E-state index contributed by atoms with van der Waals surface area (Å²) in [4.78, 5) is 37.7. The standard InChI is InChI=1S/C18H24N2O4/c1-4-24-18(23)14-8-10-20(11-9-14)17(22)16(21)19-15-7-5-6-12(2)13(15)3/h5-7,14H,4,8-11H2,1-3H3,(H,19,21). The number of amides is 2. The molecule has 0 spiro atoms. The second-order valence-electron chi connectivity index (χ2n) is 6.02. The average molecular weight is 332 g/mol. The van der Waals surface area contributed by atoms with Gasteiger partial charge in [-0.25, -0.2) is 0 Å². The van der Waals surface area contributed by atoms with Crippen molar-refractivity contribution >= 4 is 23.5 Å². The Bertz CT molecular complexity index is 634. The van der Waals surface area contributed by atoms with Crippen LogP contribution < -0.4 is 5.32 Å². The van der Waals surface area contributed by atoms with Gasteiger partial charge in [-0.05, 0) is 50.8 Å². The van der Waals surface area contributed by atoms with E-state index in [4.69, 9.17) is 4.74 Å². The van der Waals surface area contributed by atoms with Gasteiger partial charge in [0.15, 0.2) is 0 Å². The van der Waals surface area contributed by atoms with Gasteiger partial charge >= 0.3 is 17.8 Å². The molecule has 1 aromatic rings. The molecule has 0 radical (unpaired) electrons. The van der Waals surface area contributed by atoms with Crippen LogP contribution in [-0.4, -0.2) is 42.4 Å². The molecular formula is C18H24N2O4. The van der Waals surface area contributed by atoms with Crippen molar-refractivity contribution in [2.45, 2.75) is 33.6 Å². The minimum Gasteiger partial charge on any atom is -0.466 e. The van der Waals surface area contributed by atoms with Gasteiger partial charge in [-0.3, -0.25) is 14.4 Å². The van der Waals surface area contributed by atoms with Gasteiger partial charge in [-0.1, -0.05) is 12.1 Å². The van der Waals surface area contributed by atoms with Crippen molar-refractivity contribution in [2.75, 3.05) is 25.0 Å². The number of likely N-dealkylation sites (tertiary alicyclic amines) is 1. The number of nitrogens with zero attached hydrogens (tertiary/aromatic N) is 1. The Hall–Kier alpha value is -2.37. The maximum atomic E-state index is 12.3. The van der Waals surface area contributed by atoms with Gasteiger partial charge in [0.05, 0.1) is 12.5 Å². The van der Waals surface area contributed by atoms with E-state index in [-0.39, 0.29) is 11.9 Å². The van der Waals surface area contributed by atoms with Crippen LogP contribution in [0.25, 0.3) is 0 Å². The first-order valence-electron chi connectivity index (χ1n) is 8.27. The van der Waals surface area contributed by atoms with Crippen LogP contribution in [0.2, 0.25) is 0 Å². The number of rotatable bonds is 3. The van der Waals surface area contributed by atoms with Gasteiger partial charge < -0.3 is 15.0 Å². The predicted molar refractivity (Wildman–Crippen MR) is 90.5 cm³/mol. The van der Waals surface area contributed by atoms with E-state index in [0.717, 1.165) is 11.1 Å². The number of carbonyl (C=O) groups excluding carboxylic acids is 3. The summed E-state index contributed by atoms with van der Waals surface area (Å²) in [5.74, 6) is -1.60. The van der Waals surface area contributed by atoms with Crippen molar-refractivity contribution in [3.05, 3.63) is 29.3 Å². The Morgan fingerprint density at radius 2 is 1.88 bits per heavy atom. The van der Waals surface area contributed by atoms with E-state index >= 15 is 0 Å². The van der Waals surface area contributed by atoms with Crippen LogP contribution in [-0.2, 0) is 19.1 Å². The number of ether oxygens (including phenoxy) is 1. The van der Waals surface area contributed by atoms with Crippen LogP contribution in [0.3, 0.4) is 0 Å². The third-order valence-corrected chi connectivity index (χ3v) is 4.45. The Morgan fingerprint density at radius 1 is 1.21 bits per heavy atom. The van der Waals surface area contributed by atoms with Gasteiger partial charge in [0.1, 0.15) is 0 Å². The molecule has 0 unspecified atom stereocenters. The quantitative estimate of drug-likeness (QED) is 0.679. The van der Waals surface area contributed by atoms with E-state index in [9.17, 15) is 14.4 Å². The minimum absolute atomic E-state index is 0.184.